The molecule has 2 aromatic rings. The molecule has 0 amide bonds. The number of nitrogens with zero attached hydrogens (tertiary/aromatic N) is 3. The number of aromatic nitrogens is 2. The summed E-state index contributed by atoms with van der Waals surface area (Å²) in [6, 6.07) is 7.79. The Morgan fingerprint density at radius 2 is 1.80 bits per heavy atom. The predicted octanol–water partition coefficient (Wildman–Crippen LogP) is 3.26. The van der Waals surface area contributed by atoms with Crippen molar-refractivity contribution < 1.29 is 4.74 Å². The fraction of sp³-hybridized carbons (Fsp3) is 0.333. The van der Waals surface area contributed by atoms with Crippen LogP contribution in [0.15, 0.2) is 36.7 Å². The Morgan fingerprint density at radius 1 is 1.20 bits per heavy atom. The number of rotatable bonds is 5. The van der Waals surface area contributed by atoms with Gasteiger partial charge in [-0.2, -0.15) is 0 Å². The minimum atomic E-state index is 0.0416. The van der Waals surface area contributed by atoms with Gasteiger partial charge in [0, 0.05) is 31.6 Å². The number of halogens is 1. The zero-order chi connectivity index (χ0) is 14.5. The van der Waals surface area contributed by atoms with Crippen LogP contribution in [0.2, 0.25) is 5.02 Å². The van der Waals surface area contributed by atoms with Crippen LogP contribution >= 0.6 is 11.6 Å². The monoisotopic (exact) mass is 291 g/mol. The molecule has 0 radical (unpaired) electrons. The number of methoxy groups -OCH3 is 1. The second kappa shape index (κ2) is 6.68. The van der Waals surface area contributed by atoms with Gasteiger partial charge in [0.05, 0.1) is 12.6 Å². The van der Waals surface area contributed by atoms with Gasteiger partial charge in [-0.15, -0.1) is 0 Å². The zero-order valence-electron chi connectivity index (χ0n) is 11.9. The Balaban J connectivity index is 2.27. The van der Waals surface area contributed by atoms with Crippen molar-refractivity contribution in [1.29, 1.82) is 0 Å². The maximum atomic E-state index is 5.94. The van der Waals surface area contributed by atoms with Crippen molar-refractivity contribution in [2.24, 2.45) is 0 Å². The van der Waals surface area contributed by atoms with Gasteiger partial charge in [0.1, 0.15) is 0 Å². The molecule has 0 bridgehead atoms. The van der Waals surface area contributed by atoms with E-state index in [0.717, 1.165) is 16.1 Å². The first-order chi connectivity index (χ1) is 9.61. The van der Waals surface area contributed by atoms with Crippen LogP contribution in [0, 0.1) is 6.92 Å². The first kappa shape index (κ1) is 14.8. The van der Waals surface area contributed by atoms with Crippen molar-refractivity contribution in [3.8, 4) is 0 Å². The summed E-state index contributed by atoms with van der Waals surface area (Å²) in [6.45, 7) is 2.52. The average Bonchev–Trinajstić information content (AvgIpc) is 2.46. The van der Waals surface area contributed by atoms with Crippen molar-refractivity contribution in [1.82, 2.24) is 9.97 Å². The summed E-state index contributed by atoms with van der Waals surface area (Å²) in [4.78, 5) is 10.7. The van der Waals surface area contributed by atoms with Crippen LogP contribution in [0.25, 0.3) is 0 Å². The minimum absolute atomic E-state index is 0.0416. The molecular weight excluding hydrogens is 274 g/mol. The van der Waals surface area contributed by atoms with E-state index >= 15 is 0 Å². The molecule has 2 rings (SSSR count). The third-order valence-corrected chi connectivity index (χ3v) is 3.38. The molecule has 0 aliphatic rings. The van der Waals surface area contributed by atoms with Crippen LogP contribution in [0.1, 0.15) is 17.2 Å². The topological polar surface area (TPSA) is 38.2 Å². The maximum absolute atomic E-state index is 5.94. The number of likely N-dealkylation sites (N-methyl/N-ethyl adjacent to an activating group) is 1. The van der Waals surface area contributed by atoms with E-state index in [0.29, 0.717) is 12.6 Å². The third kappa shape index (κ3) is 3.46. The van der Waals surface area contributed by atoms with E-state index in [1.165, 1.54) is 0 Å². The van der Waals surface area contributed by atoms with Gasteiger partial charge in [-0.05, 0) is 30.2 Å². The highest BCUT2D eigenvalue weighted by Gasteiger charge is 2.19. The van der Waals surface area contributed by atoms with E-state index < -0.39 is 0 Å². The highest BCUT2D eigenvalue weighted by atomic mass is 35.5. The van der Waals surface area contributed by atoms with E-state index in [-0.39, 0.29) is 6.04 Å². The van der Waals surface area contributed by atoms with Crippen molar-refractivity contribution >= 4 is 17.5 Å². The van der Waals surface area contributed by atoms with Gasteiger partial charge in [-0.1, -0.05) is 23.7 Å². The lowest BCUT2D eigenvalue weighted by molar-refractivity contribution is 0.178. The second-order valence-corrected chi connectivity index (χ2v) is 5.13. The molecule has 0 spiro atoms. The molecule has 4 nitrogen and oxygen atoms in total. The smallest absolute Gasteiger partial charge is 0.225 e. The molecule has 0 saturated heterocycles. The van der Waals surface area contributed by atoms with Gasteiger partial charge < -0.3 is 9.64 Å². The van der Waals surface area contributed by atoms with E-state index in [9.17, 15) is 0 Å². The molecule has 1 unspecified atom stereocenters. The van der Waals surface area contributed by atoms with Gasteiger partial charge in [0.25, 0.3) is 0 Å². The van der Waals surface area contributed by atoms with Crippen molar-refractivity contribution in [3.05, 3.63) is 52.8 Å². The summed E-state index contributed by atoms with van der Waals surface area (Å²) in [5, 5.41) is 0.721. The fourth-order valence-corrected chi connectivity index (χ4v) is 2.11. The fourth-order valence-electron chi connectivity index (χ4n) is 1.98. The summed E-state index contributed by atoms with van der Waals surface area (Å²) in [7, 11) is 3.65. The molecule has 106 valence electrons. The van der Waals surface area contributed by atoms with Gasteiger partial charge in [0.2, 0.25) is 5.95 Å². The minimum Gasteiger partial charge on any atom is -0.382 e. The summed E-state index contributed by atoms with van der Waals surface area (Å²) in [6.07, 6.45) is 3.62. The Labute approximate surface area is 124 Å². The van der Waals surface area contributed by atoms with Crippen LogP contribution in [-0.4, -0.2) is 30.7 Å². The Bertz CT molecular complexity index is 542. The van der Waals surface area contributed by atoms with Crippen molar-refractivity contribution in [2.45, 2.75) is 13.0 Å². The average molecular weight is 292 g/mol. The van der Waals surface area contributed by atoms with Crippen LogP contribution in [0.3, 0.4) is 0 Å². The van der Waals surface area contributed by atoms with E-state index in [1.807, 2.05) is 55.5 Å². The number of aryl methyl sites for hydroxylation is 1. The molecule has 20 heavy (non-hydrogen) atoms. The molecule has 0 saturated carbocycles. The maximum Gasteiger partial charge on any atom is 0.225 e. The van der Waals surface area contributed by atoms with Crippen LogP contribution in [0.4, 0.5) is 5.95 Å². The molecule has 1 heterocycles. The largest absolute Gasteiger partial charge is 0.382 e. The number of hydrogen-bond donors (Lipinski definition) is 0. The third-order valence-electron chi connectivity index (χ3n) is 3.13. The van der Waals surface area contributed by atoms with Crippen molar-refractivity contribution in [2.75, 3.05) is 25.7 Å². The zero-order valence-corrected chi connectivity index (χ0v) is 12.6. The van der Waals surface area contributed by atoms with E-state index in [2.05, 4.69) is 9.97 Å². The SMILES string of the molecule is COCC(c1ccc(Cl)cc1)N(C)c1ncc(C)cn1. The highest BCUT2D eigenvalue weighted by Crippen LogP contribution is 2.24. The molecule has 1 aromatic heterocycles. The lowest BCUT2D eigenvalue weighted by atomic mass is 10.1. The van der Waals surface area contributed by atoms with Gasteiger partial charge in [-0.25, -0.2) is 9.97 Å². The second-order valence-electron chi connectivity index (χ2n) is 4.69. The normalized spacial score (nSPS) is 12.2. The Morgan fingerprint density at radius 3 is 2.35 bits per heavy atom. The summed E-state index contributed by atoms with van der Waals surface area (Å²) in [5.74, 6) is 0.674. The van der Waals surface area contributed by atoms with Crippen LogP contribution in [0.5, 0.6) is 0 Å². The number of ether oxygens (including phenoxy) is 1. The van der Waals surface area contributed by atoms with Crippen LogP contribution in [-0.2, 0) is 4.74 Å². The molecule has 0 N–H and O–H groups in total. The standard InChI is InChI=1S/C15H18ClN3O/c1-11-8-17-15(18-9-11)19(2)14(10-20-3)12-4-6-13(16)7-5-12/h4-9,14H,10H2,1-3H3. The van der Waals surface area contributed by atoms with Crippen LogP contribution < -0.4 is 4.90 Å². The van der Waals surface area contributed by atoms with E-state index in [1.54, 1.807) is 7.11 Å². The summed E-state index contributed by atoms with van der Waals surface area (Å²) in [5.41, 5.74) is 2.15. The molecule has 0 aliphatic carbocycles. The Hall–Kier alpha value is -1.65. The van der Waals surface area contributed by atoms with Gasteiger partial charge >= 0.3 is 0 Å². The quantitative estimate of drug-likeness (QED) is 0.847. The summed E-state index contributed by atoms with van der Waals surface area (Å²) >= 11 is 5.94. The first-order valence-electron chi connectivity index (χ1n) is 6.37. The molecular formula is C15H18ClN3O. The molecule has 1 aromatic carbocycles. The lowest BCUT2D eigenvalue weighted by Crippen LogP contribution is -2.29. The molecule has 0 fully saturated rings. The highest BCUT2D eigenvalue weighted by molar-refractivity contribution is 6.30. The summed E-state index contributed by atoms with van der Waals surface area (Å²) < 4.78 is 5.32. The molecule has 5 heteroatoms. The number of anilines is 1. The van der Waals surface area contributed by atoms with E-state index in [4.69, 9.17) is 16.3 Å². The predicted molar refractivity (Wildman–Crippen MR) is 81.2 cm³/mol. The van der Waals surface area contributed by atoms with Gasteiger partial charge in [-0.3, -0.25) is 0 Å². The lowest BCUT2D eigenvalue weighted by Gasteiger charge is -2.28. The molecule has 1 atom stereocenters. The van der Waals surface area contributed by atoms with Crippen molar-refractivity contribution in [3.63, 3.8) is 0 Å². The van der Waals surface area contributed by atoms with Gasteiger partial charge in [0.15, 0.2) is 0 Å². The number of hydrogen-bond acceptors (Lipinski definition) is 4. The number of benzene rings is 1. The Kier molecular flexibility index (Phi) is 4.93. The first-order valence-corrected chi connectivity index (χ1v) is 6.75. The molecule has 0 aliphatic heterocycles.